The lowest BCUT2D eigenvalue weighted by Crippen LogP contribution is -2.40. The molecule has 7 nitrogen and oxygen atoms in total. The van der Waals surface area contributed by atoms with Crippen LogP contribution in [-0.4, -0.2) is 52.3 Å². The zero-order chi connectivity index (χ0) is 17.4. The molecule has 0 spiro atoms. The number of nitrogens with zero attached hydrogens (tertiary/aromatic N) is 3. The van der Waals surface area contributed by atoms with Gasteiger partial charge in [-0.2, -0.15) is 11.8 Å². The number of amides is 4. The topological polar surface area (TPSA) is 82.6 Å². The van der Waals surface area contributed by atoms with E-state index >= 15 is 0 Å². The molecule has 9 heteroatoms. The predicted octanol–water partition coefficient (Wildman–Crippen LogP) is 2.53. The van der Waals surface area contributed by atoms with Crippen LogP contribution in [-0.2, 0) is 9.59 Å². The van der Waals surface area contributed by atoms with Gasteiger partial charge in [-0.15, -0.1) is 0 Å². The smallest absolute Gasteiger partial charge is 0.321 e. The van der Waals surface area contributed by atoms with Gasteiger partial charge in [0.25, 0.3) is 0 Å². The lowest BCUT2D eigenvalue weighted by atomic mass is 10.3. The van der Waals surface area contributed by atoms with Crippen LogP contribution in [0.1, 0.15) is 12.8 Å². The summed E-state index contributed by atoms with van der Waals surface area (Å²) in [5.74, 6) is 1.51. The van der Waals surface area contributed by atoms with Gasteiger partial charge in [-0.1, -0.05) is 11.3 Å². The number of hydrogen-bond donors (Lipinski definition) is 1. The molecule has 0 aliphatic carbocycles. The molecule has 2 saturated heterocycles. The van der Waals surface area contributed by atoms with Gasteiger partial charge >= 0.3 is 6.03 Å². The molecule has 4 rings (SSSR count). The number of rotatable bonds is 2. The van der Waals surface area contributed by atoms with Gasteiger partial charge in [0.2, 0.25) is 11.8 Å². The standard InChI is InChI=1S/C16H16N4O3S2/c21-13-3-4-14(22)20(13)16-18-11-2-1-10(9-12(11)25-16)17-15(23)19-5-7-24-8-6-19/h1-2,9H,3-8H2,(H,17,23). The Balaban J connectivity index is 1.55. The van der Waals surface area contributed by atoms with Crippen LogP contribution in [0.2, 0.25) is 0 Å². The summed E-state index contributed by atoms with van der Waals surface area (Å²) in [5, 5.41) is 3.31. The Morgan fingerprint density at radius 3 is 2.56 bits per heavy atom. The van der Waals surface area contributed by atoms with E-state index in [4.69, 9.17) is 0 Å². The molecule has 0 atom stereocenters. The number of carbonyl (C=O) groups is 3. The van der Waals surface area contributed by atoms with Gasteiger partial charge in [0, 0.05) is 43.1 Å². The summed E-state index contributed by atoms with van der Waals surface area (Å²) in [6, 6.07) is 5.31. The first-order valence-electron chi connectivity index (χ1n) is 8.02. The van der Waals surface area contributed by atoms with Crippen molar-refractivity contribution in [2.24, 2.45) is 0 Å². The van der Waals surface area contributed by atoms with E-state index in [0.717, 1.165) is 34.2 Å². The number of fused-ring (bicyclic) bond motifs is 1. The fourth-order valence-corrected chi connectivity index (χ4v) is 4.79. The Kier molecular flexibility index (Phi) is 4.34. The molecule has 3 heterocycles. The molecule has 2 aromatic rings. The van der Waals surface area contributed by atoms with Crippen molar-refractivity contribution in [3.8, 4) is 0 Å². The monoisotopic (exact) mass is 376 g/mol. The first-order chi connectivity index (χ1) is 12.1. The summed E-state index contributed by atoms with van der Waals surface area (Å²) in [7, 11) is 0. The van der Waals surface area contributed by atoms with E-state index < -0.39 is 0 Å². The lowest BCUT2D eigenvalue weighted by molar-refractivity contribution is -0.121. The van der Waals surface area contributed by atoms with Crippen molar-refractivity contribution in [2.45, 2.75) is 12.8 Å². The van der Waals surface area contributed by atoms with E-state index in [1.807, 2.05) is 17.8 Å². The lowest BCUT2D eigenvalue weighted by Gasteiger charge is -2.26. The van der Waals surface area contributed by atoms with Crippen molar-refractivity contribution in [3.05, 3.63) is 18.2 Å². The van der Waals surface area contributed by atoms with Crippen LogP contribution in [0.25, 0.3) is 10.2 Å². The minimum atomic E-state index is -0.208. The second-order valence-electron chi connectivity index (χ2n) is 5.83. The molecule has 1 aromatic heterocycles. The second-order valence-corrected chi connectivity index (χ2v) is 8.07. The highest BCUT2D eigenvalue weighted by molar-refractivity contribution is 7.99. The van der Waals surface area contributed by atoms with Crippen LogP contribution in [0.3, 0.4) is 0 Å². The molecule has 1 N–H and O–H groups in total. The van der Waals surface area contributed by atoms with Gasteiger partial charge in [0.15, 0.2) is 5.13 Å². The van der Waals surface area contributed by atoms with E-state index in [9.17, 15) is 14.4 Å². The van der Waals surface area contributed by atoms with Gasteiger partial charge in [0.05, 0.1) is 10.2 Å². The van der Waals surface area contributed by atoms with Crippen LogP contribution in [0.4, 0.5) is 15.6 Å². The van der Waals surface area contributed by atoms with Crippen molar-refractivity contribution < 1.29 is 14.4 Å². The number of aromatic nitrogens is 1. The van der Waals surface area contributed by atoms with Crippen LogP contribution < -0.4 is 10.2 Å². The van der Waals surface area contributed by atoms with E-state index in [1.54, 1.807) is 17.0 Å². The Labute approximate surface area is 152 Å². The normalized spacial score (nSPS) is 18.2. The van der Waals surface area contributed by atoms with Gasteiger partial charge < -0.3 is 10.2 Å². The number of urea groups is 1. The molecule has 25 heavy (non-hydrogen) atoms. The Hall–Kier alpha value is -2.13. The van der Waals surface area contributed by atoms with E-state index in [2.05, 4.69) is 10.3 Å². The van der Waals surface area contributed by atoms with Crippen molar-refractivity contribution in [1.82, 2.24) is 9.88 Å². The molecular formula is C16H16N4O3S2. The largest absolute Gasteiger partial charge is 0.323 e. The number of imide groups is 1. The van der Waals surface area contributed by atoms with E-state index in [-0.39, 0.29) is 30.7 Å². The fourth-order valence-electron chi connectivity index (χ4n) is 2.84. The van der Waals surface area contributed by atoms with E-state index in [1.165, 1.54) is 11.3 Å². The highest BCUT2D eigenvalue weighted by Crippen LogP contribution is 2.33. The maximum absolute atomic E-state index is 12.3. The first-order valence-corrected chi connectivity index (χ1v) is 9.99. The van der Waals surface area contributed by atoms with Gasteiger partial charge in [-0.3, -0.25) is 9.59 Å². The highest BCUT2D eigenvalue weighted by atomic mass is 32.2. The van der Waals surface area contributed by atoms with Crippen LogP contribution in [0, 0.1) is 0 Å². The number of carbonyl (C=O) groups excluding carboxylic acids is 3. The number of nitrogens with one attached hydrogen (secondary N) is 1. The zero-order valence-corrected chi connectivity index (χ0v) is 15.0. The number of anilines is 2. The molecule has 130 valence electrons. The molecule has 2 aliphatic heterocycles. The van der Waals surface area contributed by atoms with Crippen LogP contribution >= 0.6 is 23.1 Å². The molecule has 0 bridgehead atoms. The number of benzene rings is 1. The van der Waals surface area contributed by atoms with Crippen LogP contribution in [0.15, 0.2) is 18.2 Å². The van der Waals surface area contributed by atoms with Crippen molar-refractivity contribution in [1.29, 1.82) is 0 Å². The third-order valence-electron chi connectivity index (χ3n) is 4.17. The maximum Gasteiger partial charge on any atom is 0.321 e. The quantitative estimate of drug-likeness (QED) is 0.815. The summed E-state index contributed by atoms with van der Waals surface area (Å²) in [6.07, 6.45) is 0.481. The minimum Gasteiger partial charge on any atom is -0.323 e. The molecule has 0 saturated carbocycles. The number of thiazole rings is 1. The van der Waals surface area contributed by atoms with Gasteiger partial charge in [-0.05, 0) is 18.2 Å². The highest BCUT2D eigenvalue weighted by Gasteiger charge is 2.32. The average Bonchev–Trinajstić information content (AvgIpc) is 3.17. The number of thioether (sulfide) groups is 1. The van der Waals surface area contributed by atoms with Crippen LogP contribution in [0.5, 0.6) is 0 Å². The zero-order valence-electron chi connectivity index (χ0n) is 13.4. The number of hydrogen-bond acceptors (Lipinski definition) is 6. The Morgan fingerprint density at radius 1 is 1.12 bits per heavy atom. The maximum atomic E-state index is 12.3. The SMILES string of the molecule is O=C(Nc1ccc2nc(N3C(=O)CCC3=O)sc2c1)N1CCSCC1. The van der Waals surface area contributed by atoms with Gasteiger partial charge in [0.1, 0.15) is 0 Å². The summed E-state index contributed by atoms with van der Waals surface area (Å²) in [5.41, 5.74) is 1.39. The molecular weight excluding hydrogens is 360 g/mol. The molecule has 2 fully saturated rings. The summed E-state index contributed by atoms with van der Waals surface area (Å²) in [4.78, 5) is 43.4. The third-order valence-corrected chi connectivity index (χ3v) is 6.12. The summed E-state index contributed by atoms with van der Waals surface area (Å²) < 4.78 is 0.828. The second kappa shape index (κ2) is 6.64. The molecule has 0 unspecified atom stereocenters. The Bertz CT molecular complexity index is 844. The van der Waals surface area contributed by atoms with Crippen molar-refractivity contribution in [2.75, 3.05) is 34.8 Å². The summed E-state index contributed by atoms with van der Waals surface area (Å²) >= 11 is 3.14. The molecule has 0 radical (unpaired) electrons. The fraction of sp³-hybridized carbons (Fsp3) is 0.375. The predicted molar refractivity (Wildman–Crippen MR) is 99.3 cm³/mol. The Morgan fingerprint density at radius 2 is 1.84 bits per heavy atom. The van der Waals surface area contributed by atoms with Crippen molar-refractivity contribution >= 4 is 62.0 Å². The van der Waals surface area contributed by atoms with E-state index in [0.29, 0.717) is 16.3 Å². The molecule has 4 amide bonds. The molecule has 1 aromatic carbocycles. The summed E-state index contributed by atoms with van der Waals surface area (Å²) in [6.45, 7) is 1.51. The average molecular weight is 376 g/mol. The first kappa shape index (κ1) is 16.3. The van der Waals surface area contributed by atoms with Crippen molar-refractivity contribution in [3.63, 3.8) is 0 Å². The minimum absolute atomic E-state index is 0.103. The molecule has 2 aliphatic rings. The van der Waals surface area contributed by atoms with Gasteiger partial charge in [-0.25, -0.2) is 14.7 Å². The third kappa shape index (κ3) is 3.21.